The molecule has 2 aliphatic heterocycles. The third kappa shape index (κ3) is 5.31. The summed E-state index contributed by atoms with van der Waals surface area (Å²) in [5.74, 6) is -3.45. The predicted molar refractivity (Wildman–Crippen MR) is 129 cm³/mol. The van der Waals surface area contributed by atoms with E-state index < -0.39 is 46.6 Å². The van der Waals surface area contributed by atoms with Gasteiger partial charge in [0.15, 0.2) is 0 Å². The third-order valence-electron chi connectivity index (χ3n) is 8.15. The van der Waals surface area contributed by atoms with Gasteiger partial charge in [0.2, 0.25) is 17.7 Å². The van der Waals surface area contributed by atoms with Crippen molar-refractivity contribution in [2.45, 2.75) is 63.5 Å². The number of carbonyl (C=O) groups is 4. The first-order valence-electron chi connectivity index (χ1n) is 12.6. The number of alkyl halides is 3. The molecule has 2 heterocycles. The number of nitrogens with zero attached hydrogens (tertiary/aromatic N) is 2. The molecular formula is C25H32ClF2N5O4. The molecule has 0 aromatic heterocycles. The SMILES string of the molecule is CC(C)(C)[C@H](NC(=O)C(F)(F)Cl)C(=O)N1C[C@H]2[C@@H]([C@H]1C(=O)N[C@H](C#N)C[C@@H]1CCNC1=O)[C@H]1C=C[C@@H]2C1. The maximum absolute atomic E-state index is 13.8. The second-order valence-corrected chi connectivity index (χ2v) is 12.1. The fourth-order valence-electron chi connectivity index (χ4n) is 6.36. The molecule has 2 bridgehead atoms. The number of amides is 4. The Bertz CT molecular complexity index is 1050. The summed E-state index contributed by atoms with van der Waals surface area (Å²) in [5, 5.41) is 13.0. The molecular weight excluding hydrogens is 508 g/mol. The maximum Gasteiger partial charge on any atom is 0.399 e. The van der Waals surface area contributed by atoms with Crippen LogP contribution in [0.5, 0.6) is 0 Å². The van der Waals surface area contributed by atoms with Crippen LogP contribution in [-0.4, -0.2) is 65.1 Å². The molecule has 0 unspecified atom stereocenters. The molecule has 4 aliphatic rings. The summed E-state index contributed by atoms with van der Waals surface area (Å²) in [4.78, 5) is 52.8. The fourth-order valence-corrected chi connectivity index (χ4v) is 6.42. The van der Waals surface area contributed by atoms with Crippen LogP contribution >= 0.6 is 11.6 Å². The lowest BCUT2D eigenvalue weighted by atomic mass is 9.81. The number of rotatable bonds is 7. The van der Waals surface area contributed by atoms with E-state index in [0.717, 1.165) is 6.42 Å². The van der Waals surface area contributed by atoms with Crippen LogP contribution in [0.2, 0.25) is 0 Å². The van der Waals surface area contributed by atoms with E-state index in [2.05, 4.69) is 22.0 Å². The number of carbonyl (C=O) groups excluding carboxylic acids is 4. The number of hydrogen-bond donors (Lipinski definition) is 3. The lowest BCUT2D eigenvalue weighted by Crippen LogP contribution is -2.60. The summed E-state index contributed by atoms with van der Waals surface area (Å²) in [7, 11) is 0. The van der Waals surface area contributed by atoms with Gasteiger partial charge in [-0.1, -0.05) is 32.9 Å². The van der Waals surface area contributed by atoms with Gasteiger partial charge >= 0.3 is 11.3 Å². The minimum absolute atomic E-state index is 0.00151. The van der Waals surface area contributed by atoms with Crippen molar-refractivity contribution in [3.8, 4) is 6.07 Å². The first-order chi connectivity index (χ1) is 17.2. The summed E-state index contributed by atoms with van der Waals surface area (Å²) < 4.78 is 27.0. The lowest BCUT2D eigenvalue weighted by molar-refractivity contribution is -0.147. The van der Waals surface area contributed by atoms with Gasteiger partial charge in [0.05, 0.1) is 6.07 Å². The van der Waals surface area contributed by atoms with E-state index in [-0.39, 0.29) is 48.5 Å². The smallest absolute Gasteiger partial charge is 0.356 e. The number of fused-ring (bicyclic) bond motifs is 5. The molecule has 4 amide bonds. The van der Waals surface area contributed by atoms with Crippen molar-refractivity contribution in [1.29, 1.82) is 5.26 Å². The first-order valence-corrected chi connectivity index (χ1v) is 12.9. The summed E-state index contributed by atoms with van der Waals surface area (Å²) in [6.07, 6.45) is 5.71. The minimum atomic E-state index is -4.20. The van der Waals surface area contributed by atoms with E-state index in [9.17, 15) is 33.2 Å². The monoisotopic (exact) mass is 539 g/mol. The van der Waals surface area contributed by atoms with E-state index in [1.807, 2.05) is 12.1 Å². The third-order valence-corrected chi connectivity index (χ3v) is 8.32. The van der Waals surface area contributed by atoms with Crippen molar-refractivity contribution >= 4 is 35.2 Å². The molecule has 12 heteroatoms. The standard InChI is InChI=1S/C25H32ClF2N5O4/c1-24(2,3)19(32-23(37)25(26,27)28)22(36)33-11-16-12-4-5-13(8-12)17(16)18(33)21(35)31-15(10-29)9-14-6-7-30-20(14)34/h4-5,12-19H,6-9,11H2,1-3H3,(H,30,34)(H,31,35)(H,32,37)/t12-,13+,14+,15+,16-,17+,18+,19-/m1/s1. The highest BCUT2D eigenvalue weighted by molar-refractivity contribution is 6.32. The molecule has 4 rings (SSSR count). The van der Waals surface area contributed by atoms with E-state index >= 15 is 0 Å². The minimum Gasteiger partial charge on any atom is -0.356 e. The van der Waals surface area contributed by atoms with Gasteiger partial charge < -0.3 is 20.9 Å². The highest BCUT2D eigenvalue weighted by atomic mass is 35.5. The average molecular weight is 540 g/mol. The van der Waals surface area contributed by atoms with Crippen LogP contribution in [-0.2, 0) is 19.2 Å². The number of nitriles is 1. The van der Waals surface area contributed by atoms with E-state index in [4.69, 9.17) is 11.6 Å². The van der Waals surface area contributed by atoms with Crippen LogP contribution in [0, 0.1) is 46.3 Å². The summed E-state index contributed by atoms with van der Waals surface area (Å²) >= 11 is 4.90. The van der Waals surface area contributed by atoms with Gasteiger partial charge in [-0.3, -0.25) is 19.2 Å². The number of allylic oxidation sites excluding steroid dienone is 2. The normalized spacial score (nSPS) is 31.9. The lowest BCUT2D eigenvalue weighted by Gasteiger charge is -2.37. The molecule has 8 atom stereocenters. The van der Waals surface area contributed by atoms with Crippen molar-refractivity contribution in [3.63, 3.8) is 0 Å². The Morgan fingerprint density at radius 3 is 2.49 bits per heavy atom. The Hall–Kier alpha value is -2.74. The van der Waals surface area contributed by atoms with Crippen LogP contribution in [0.15, 0.2) is 12.2 Å². The summed E-state index contributed by atoms with van der Waals surface area (Å²) in [6, 6.07) is -1.19. The van der Waals surface area contributed by atoms with Crippen molar-refractivity contribution in [3.05, 3.63) is 12.2 Å². The second kappa shape index (κ2) is 9.86. The Labute approximate surface area is 219 Å². The van der Waals surface area contributed by atoms with E-state index in [0.29, 0.717) is 13.0 Å². The van der Waals surface area contributed by atoms with Crippen molar-refractivity contribution in [1.82, 2.24) is 20.9 Å². The molecule has 37 heavy (non-hydrogen) atoms. The van der Waals surface area contributed by atoms with Crippen LogP contribution in [0.4, 0.5) is 8.78 Å². The van der Waals surface area contributed by atoms with Crippen molar-refractivity contribution in [2.75, 3.05) is 13.1 Å². The fraction of sp³-hybridized carbons (Fsp3) is 0.720. The van der Waals surface area contributed by atoms with Crippen LogP contribution in [0.3, 0.4) is 0 Å². The second-order valence-electron chi connectivity index (χ2n) is 11.6. The highest BCUT2D eigenvalue weighted by Crippen LogP contribution is 2.54. The Kier molecular flexibility index (Phi) is 7.27. The summed E-state index contributed by atoms with van der Waals surface area (Å²) in [5.41, 5.74) is -0.962. The van der Waals surface area contributed by atoms with Crippen molar-refractivity contribution < 1.29 is 28.0 Å². The Balaban J connectivity index is 1.58. The topological polar surface area (TPSA) is 131 Å². The number of hydrogen-bond acceptors (Lipinski definition) is 5. The molecule has 2 saturated heterocycles. The van der Waals surface area contributed by atoms with Gasteiger partial charge in [-0.05, 0) is 60.0 Å². The molecule has 0 aromatic rings. The maximum atomic E-state index is 13.8. The number of halogens is 3. The zero-order valence-electron chi connectivity index (χ0n) is 21.0. The Morgan fingerprint density at radius 2 is 1.92 bits per heavy atom. The zero-order chi connectivity index (χ0) is 27.3. The molecule has 3 N–H and O–H groups in total. The van der Waals surface area contributed by atoms with Gasteiger partial charge in [0.1, 0.15) is 18.1 Å². The molecule has 0 radical (unpaired) electrons. The number of nitrogens with one attached hydrogen (secondary N) is 3. The molecule has 0 spiro atoms. The molecule has 3 fully saturated rings. The predicted octanol–water partition coefficient (Wildman–Crippen LogP) is 1.53. The van der Waals surface area contributed by atoms with Gasteiger partial charge in [-0.2, -0.15) is 14.0 Å². The summed E-state index contributed by atoms with van der Waals surface area (Å²) in [6.45, 7) is 5.61. The highest BCUT2D eigenvalue weighted by Gasteiger charge is 2.59. The van der Waals surface area contributed by atoms with Gasteiger partial charge in [0, 0.05) is 19.0 Å². The van der Waals surface area contributed by atoms with Crippen molar-refractivity contribution in [2.24, 2.45) is 35.0 Å². The van der Waals surface area contributed by atoms with Crippen LogP contribution < -0.4 is 16.0 Å². The average Bonchev–Trinajstić information content (AvgIpc) is 3.57. The molecule has 9 nitrogen and oxygen atoms in total. The van der Waals surface area contributed by atoms with Crippen LogP contribution in [0.25, 0.3) is 0 Å². The van der Waals surface area contributed by atoms with Crippen LogP contribution in [0.1, 0.15) is 40.0 Å². The van der Waals surface area contributed by atoms with E-state index in [1.165, 1.54) is 4.90 Å². The largest absolute Gasteiger partial charge is 0.399 e. The quantitative estimate of drug-likeness (QED) is 0.333. The van der Waals surface area contributed by atoms with Gasteiger partial charge in [0.25, 0.3) is 0 Å². The molecule has 0 aromatic carbocycles. The van der Waals surface area contributed by atoms with Gasteiger partial charge in [-0.15, -0.1) is 0 Å². The first kappa shape index (κ1) is 27.3. The zero-order valence-corrected chi connectivity index (χ0v) is 21.7. The van der Waals surface area contributed by atoms with Gasteiger partial charge in [-0.25, -0.2) is 0 Å². The molecule has 202 valence electrons. The molecule has 1 saturated carbocycles. The Morgan fingerprint density at radius 1 is 1.24 bits per heavy atom. The number of likely N-dealkylation sites (tertiary alicyclic amines) is 1. The molecule has 2 aliphatic carbocycles. The van der Waals surface area contributed by atoms with E-state index in [1.54, 1.807) is 20.8 Å².